The molecule has 0 aromatic carbocycles. The molecule has 1 unspecified atom stereocenters. The van der Waals surface area contributed by atoms with Crippen molar-refractivity contribution in [3.05, 3.63) is 11.3 Å². The van der Waals surface area contributed by atoms with E-state index >= 15 is 0 Å². The zero-order chi connectivity index (χ0) is 11.5. The number of nitrogens with one attached hydrogen (secondary N) is 2. The molecule has 1 aliphatic rings. The molecule has 2 heterocycles. The molecule has 4 N–H and O–H groups in total. The molecule has 0 aliphatic carbocycles. The lowest BCUT2D eigenvalue weighted by atomic mass is 10.2. The van der Waals surface area contributed by atoms with Crippen LogP contribution in [0, 0.1) is 6.92 Å². The van der Waals surface area contributed by atoms with E-state index in [0.29, 0.717) is 23.1 Å². The number of nitrogen functional groups attached to an aromatic ring is 1. The number of H-pyrrole nitrogens is 1. The summed E-state index contributed by atoms with van der Waals surface area (Å²) < 4.78 is 0. The van der Waals surface area contributed by atoms with Crippen LogP contribution in [0.2, 0.25) is 0 Å². The van der Waals surface area contributed by atoms with E-state index < -0.39 is 0 Å². The van der Waals surface area contributed by atoms with E-state index in [9.17, 15) is 4.79 Å². The average Bonchev–Trinajstić information content (AvgIpc) is 2.86. The number of anilines is 1. The molecule has 5 nitrogen and oxygen atoms in total. The molecular formula is C10H16N4OS. The van der Waals surface area contributed by atoms with Gasteiger partial charge in [-0.2, -0.15) is 16.9 Å². The minimum atomic E-state index is -0.128. The molecule has 0 spiro atoms. The number of hydrogen-bond acceptors (Lipinski definition) is 4. The van der Waals surface area contributed by atoms with E-state index in [1.54, 1.807) is 6.92 Å². The second-order valence-electron chi connectivity index (χ2n) is 3.95. The van der Waals surface area contributed by atoms with Gasteiger partial charge in [-0.05, 0) is 25.5 Å². The van der Waals surface area contributed by atoms with Gasteiger partial charge in [-0.1, -0.05) is 0 Å². The van der Waals surface area contributed by atoms with Crippen molar-refractivity contribution < 1.29 is 4.79 Å². The number of thioether (sulfide) groups is 1. The Labute approximate surface area is 98.6 Å². The van der Waals surface area contributed by atoms with Crippen LogP contribution in [0.25, 0.3) is 0 Å². The standard InChI is InChI=1S/C10H16N4OS/c1-6-8(9(11)14-13-6)10(15)12-5-7-3-2-4-16-7/h7H,2-5H2,1H3,(H,12,15)(H3,11,13,14). The summed E-state index contributed by atoms with van der Waals surface area (Å²) in [5.74, 6) is 1.35. The maximum absolute atomic E-state index is 11.8. The van der Waals surface area contributed by atoms with Crippen LogP contribution >= 0.6 is 11.8 Å². The number of hydrogen-bond donors (Lipinski definition) is 3. The summed E-state index contributed by atoms with van der Waals surface area (Å²) in [7, 11) is 0. The molecule has 1 fully saturated rings. The van der Waals surface area contributed by atoms with E-state index in [4.69, 9.17) is 5.73 Å². The molecule has 0 bridgehead atoms. The van der Waals surface area contributed by atoms with Gasteiger partial charge >= 0.3 is 0 Å². The van der Waals surface area contributed by atoms with Crippen molar-refractivity contribution in [3.8, 4) is 0 Å². The van der Waals surface area contributed by atoms with Crippen LogP contribution in [0.1, 0.15) is 28.9 Å². The zero-order valence-corrected chi connectivity index (χ0v) is 10.1. The largest absolute Gasteiger partial charge is 0.382 e. The van der Waals surface area contributed by atoms with Crippen LogP contribution in [0.5, 0.6) is 0 Å². The topological polar surface area (TPSA) is 83.8 Å². The molecule has 1 aliphatic heterocycles. The SMILES string of the molecule is Cc1[nH]nc(N)c1C(=O)NCC1CCCS1. The van der Waals surface area contributed by atoms with Gasteiger partial charge in [-0.3, -0.25) is 9.89 Å². The number of amides is 1. The van der Waals surface area contributed by atoms with Gasteiger partial charge in [0.25, 0.3) is 5.91 Å². The van der Waals surface area contributed by atoms with Crippen molar-refractivity contribution in [3.63, 3.8) is 0 Å². The van der Waals surface area contributed by atoms with Crippen LogP contribution in [-0.4, -0.2) is 33.7 Å². The Balaban J connectivity index is 1.92. The molecule has 1 saturated heterocycles. The number of aromatic nitrogens is 2. The fourth-order valence-corrected chi connectivity index (χ4v) is 3.04. The quantitative estimate of drug-likeness (QED) is 0.733. The predicted molar refractivity (Wildman–Crippen MR) is 65.6 cm³/mol. The van der Waals surface area contributed by atoms with Crippen LogP contribution in [0.3, 0.4) is 0 Å². The first-order valence-corrected chi connectivity index (χ1v) is 6.43. The molecule has 1 atom stereocenters. The first-order valence-electron chi connectivity index (χ1n) is 5.38. The molecule has 1 aromatic rings. The van der Waals surface area contributed by atoms with E-state index in [0.717, 1.165) is 0 Å². The van der Waals surface area contributed by atoms with Gasteiger partial charge in [0, 0.05) is 17.5 Å². The van der Waals surface area contributed by atoms with Gasteiger partial charge in [-0.15, -0.1) is 0 Å². The van der Waals surface area contributed by atoms with E-state index in [2.05, 4.69) is 15.5 Å². The number of carbonyl (C=O) groups is 1. The lowest BCUT2D eigenvalue weighted by molar-refractivity contribution is 0.0954. The summed E-state index contributed by atoms with van der Waals surface area (Å²) in [5.41, 5.74) is 6.81. The Kier molecular flexibility index (Phi) is 3.38. The third-order valence-electron chi connectivity index (χ3n) is 2.72. The highest BCUT2D eigenvalue weighted by atomic mass is 32.2. The Morgan fingerprint density at radius 2 is 2.56 bits per heavy atom. The Morgan fingerprint density at radius 3 is 3.12 bits per heavy atom. The summed E-state index contributed by atoms with van der Waals surface area (Å²) in [6.07, 6.45) is 2.43. The number of nitrogens with two attached hydrogens (primary N) is 1. The highest BCUT2D eigenvalue weighted by Gasteiger charge is 2.19. The highest BCUT2D eigenvalue weighted by Crippen LogP contribution is 2.25. The normalized spacial score (nSPS) is 19.9. The molecule has 0 radical (unpaired) electrons. The van der Waals surface area contributed by atoms with Crippen molar-refractivity contribution in [2.24, 2.45) is 0 Å². The lowest BCUT2D eigenvalue weighted by Gasteiger charge is -2.09. The summed E-state index contributed by atoms with van der Waals surface area (Å²) in [6.45, 7) is 2.51. The number of aryl methyl sites for hydroxylation is 1. The molecular weight excluding hydrogens is 224 g/mol. The summed E-state index contributed by atoms with van der Waals surface area (Å²) in [6, 6.07) is 0. The zero-order valence-electron chi connectivity index (χ0n) is 9.25. The second-order valence-corrected chi connectivity index (χ2v) is 5.36. The number of rotatable bonds is 3. The number of carbonyl (C=O) groups excluding carboxylic acids is 1. The fraction of sp³-hybridized carbons (Fsp3) is 0.600. The number of nitrogens with zero attached hydrogens (tertiary/aromatic N) is 1. The molecule has 0 saturated carbocycles. The predicted octanol–water partition coefficient (Wildman–Crippen LogP) is 0.926. The molecule has 6 heteroatoms. The Hall–Kier alpha value is -1.17. The van der Waals surface area contributed by atoms with Gasteiger partial charge in [-0.25, -0.2) is 0 Å². The van der Waals surface area contributed by atoms with E-state index in [-0.39, 0.29) is 11.7 Å². The van der Waals surface area contributed by atoms with Crippen molar-refractivity contribution in [1.82, 2.24) is 15.5 Å². The lowest BCUT2D eigenvalue weighted by Crippen LogP contribution is -2.30. The van der Waals surface area contributed by atoms with Crippen molar-refractivity contribution in [2.45, 2.75) is 25.0 Å². The van der Waals surface area contributed by atoms with Crippen molar-refractivity contribution >= 4 is 23.5 Å². The minimum absolute atomic E-state index is 0.128. The van der Waals surface area contributed by atoms with Gasteiger partial charge in [0.1, 0.15) is 5.56 Å². The smallest absolute Gasteiger partial charge is 0.256 e. The average molecular weight is 240 g/mol. The van der Waals surface area contributed by atoms with E-state index in [1.807, 2.05) is 11.8 Å². The Morgan fingerprint density at radius 1 is 1.75 bits per heavy atom. The molecule has 1 aromatic heterocycles. The van der Waals surface area contributed by atoms with Crippen LogP contribution < -0.4 is 11.1 Å². The summed E-state index contributed by atoms with van der Waals surface area (Å²) >= 11 is 1.92. The van der Waals surface area contributed by atoms with Crippen LogP contribution in [0.15, 0.2) is 0 Å². The molecule has 2 rings (SSSR count). The maximum Gasteiger partial charge on any atom is 0.256 e. The summed E-state index contributed by atoms with van der Waals surface area (Å²) in [4.78, 5) is 11.8. The summed E-state index contributed by atoms with van der Waals surface area (Å²) in [5, 5.41) is 9.97. The molecule has 88 valence electrons. The molecule has 16 heavy (non-hydrogen) atoms. The van der Waals surface area contributed by atoms with Gasteiger partial charge in [0.05, 0.1) is 0 Å². The fourth-order valence-electron chi connectivity index (χ4n) is 1.83. The van der Waals surface area contributed by atoms with E-state index in [1.165, 1.54) is 18.6 Å². The third kappa shape index (κ3) is 2.32. The minimum Gasteiger partial charge on any atom is -0.382 e. The first-order chi connectivity index (χ1) is 7.68. The first kappa shape index (κ1) is 11.3. The Bertz CT molecular complexity index is 365. The third-order valence-corrected chi connectivity index (χ3v) is 4.11. The van der Waals surface area contributed by atoms with Gasteiger partial charge in [0.2, 0.25) is 0 Å². The van der Waals surface area contributed by atoms with Crippen LogP contribution in [-0.2, 0) is 0 Å². The van der Waals surface area contributed by atoms with Crippen molar-refractivity contribution in [2.75, 3.05) is 18.0 Å². The maximum atomic E-state index is 11.8. The highest BCUT2D eigenvalue weighted by molar-refractivity contribution is 8.00. The monoisotopic (exact) mass is 240 g/mol. The van der Waals surface area contributed by atoms with Gasteiger partial charge < -0.3 is 11.1 Å². The molecule has 1 amide bonds. The van der Waals surface area contributed by atoms with Crippen molar-refractivity contribution in [1.29, 1.82) is 0 Å². The van der Waals surface area contributed by atoms with Crippen LogP contribution in [0.4, 0.5) is 5.82 Å². The second kappa shape index (κ2) is 4.78. The van der Waals surface area contributed by atoms with Gasteiger partial charge in [0.15, 0.2) is 5.82 Å². The number of aromatic amines is 1.